The van der Waals surface area contributed by atoms with E-state index in [2.05, 4.69) is 5.16 Å². The molecule has 1 amide bonds. The molecule has 1 N–H and O–H groups in total. The molecule has 0 aliphatic carbocycles. The number of benzene rings is 1. The Labute approximate surface area is 117 Å². The van der Waals surface area contributed by atoms with Crippen LogP contribution in [0.15, 0.2) is 23.4 Å². The predicted octanol–water partition coefficient (Wildman–Crippen LogP) is 2.50. The summed E-state index contributed by atoms with van der Waals surface area (Å²) in [4.78, 5) is 12.8. The summed E-state index contributed by atoms with van der Waals surface area (Å²) in [6.45, 7) is 0.221. The number of alkyl halides is 3. The molecular weight excluding hydrogens is 292 g/mol. The van der Waals surface area contributed by atoms with Crippen LogP contribution in [0.4, 0.5) is 17.6 Å². The average Bonchev–Trinajstić information content (AvgIpc) is 2.71. The number of oxime groups is 1. The maximum atomic E-state index is 13.9. The molecule has 0 spiro atoms. The molecule has 8 heteroatoms. The van der Waals surface area contributed by atoms with Crippen molar-refractivity contribution in [1.82, 2.24) is 4.90 Å². The lowest BCUT2D eigenvalue weighted by atomic mass is 9.94. The third-order valence-corrected chi connectivity index (χ3v) is 3.41. The summed E-state index contributed by atoms with van der Waals surface area (Å²) >= 11 is 0. The van der Waals surface area contributed by atoms with Crippen molar-refractivity contribution in [2.24, 2.45) is 11.1 Å². The lowest BCUT2D eigenvalue weighted by Crippen LogP contribution is -2.22. The van der Waals surface area contributed by atoms with Gasteiger partial charge in [-0.1, -0.05) is 5.16 Å². The van der Waals surface area contributed by atoms with Crippen molar-refractivity contribution in [1.29, 1.82) is 0 Å². The highest BCUT2D eigenvalue weighted by atomic mass is 19.4. The second-order valence-electron chi connectivity index (χ2n) is 4.85. The van der Waals surface area contributed by atoms with Crippen LogP contribution in [0.2, 0.25) is 0 Å². The quantitative estimate of drug-likeness (QED) is 0.395. The SMILES string of the molecule is CN1CC(C(=NO)c2ccc(C(F)(F)F)cc2F)CC1=O. The Morgan fingerprint density at radius 1 is 1.43 bits per heavy atom. The average molecular weight is 304 g/mol. The van der Waals surface area contributed by atoms with Gasteiger partial charge in [0.25, 0.3) is 0 Å². The van der Waals surface area contributed by atoms with E-state index in [4.69, 9.17) is 5.21 Å². The Kier molecular flexibility index (Phi) is 3.89. The van der Waals surface area contributed by atoms with E-state index in [0.29, 0.717) is 12.1 Å². The van der Waals surface area contributed by atoms with E-state index >= 15 is 0 Å². The number of carbonyl (C=O) groups excluding carboxylic acids is 1. The molecule has 0 radical (unpaired) electrons. The first-order valence-electron chi connectivity index (χ1n) is 6.07. The number of hydrogen-bond acceptors (Lipinski definition) is 3. The third-order valence-electron chi connectivity index (χ3n) is 3.41. The smallest absolute Gasteiger partial charge is 0.411 e. The Morgan fingerprint density at radius 3 is 2.52 bits per heavy atom. The standard InChI is InChI=1S/C13H12F4N2O2/c1-19-6-7(4-11(19)20)12(18-21)9-3-2-8(5-10(9)14)13(15,16)17/h2-3,5,7,21H,4,6H2,1H3. The van der Waals surface area contributed by atoms with Gasteiger partial charge < -0.3 is 10.1 Å². The highest BCUT2D eigenvalue weighted by molar-refractivity contribution is 6.05. The van der Waals surface area contributed by atoms with Crippen LogP contribution in [0.3, 0.4) is 0 Å². The normalized spacial score (nSPS) is 20.2. The largest absolute Gasteiger partial charge is 0.416 e. The first kappa shape index (κ1) is 15.3. The summed E-state index contributed by atoms with van der Waals surface area (Å²) in [6.07, 6.45) is -4.63. The summed E-state index contributed by atoms with van der Waals surface area (Å²) in [5, 5.41) is 12.0. The molecule has 0 bridgehead atoms. The molecule has 21 heavy (non-hydrogen) atoms. The van der Waals surface area contributed by atoms with Gasteiger partial charge in [0.15, 0.2) is 0 Å². The minimum absolute atomic E-state index is 0.0242. The predicted molar refractivity (Wildman–Crippen MR) is 65.5 cm³/mol. The molecule has 0 aromatic heterocycles. The van der Waals surface area contributed by atoms with E-state index in [0.717, 1.165) is 6.07 Å². The van der Waals surface area contributed by atoms with Gasteiger partial charge in [0, 0.05) is 31.5 Å². The lowest BCUT2D eigenvalue weighted by Gasteiger charge is -2.14. The number of carbonyl (C=O) groups is 1. The van der Waals surface area contributed by atoms with Gasteiger partial charge in [-0.2, -0.15) is 13.2 Å². The molecule has 1 atom stereocenters. The van der Waals surface area contributed by atoms with Gasteiger partial charge in [-0.05, 0) is 18.2 Å². The van der Waals surface area contributed by atoms with Gasteiger partial charge >= 0.3 is 6.18 Å². The Hall–Kier alpha value is -2.12. The van der Waals surface area contributed by atoms with Crippen LogP contribution in [0.25, 0.3) is 0 Å². The molecule has 1 saturated heterocycles. The molecule has 1 fully saturated rings. The van der Waals surface area contributed by atoms with Crippen molar-refractivity contribution < 1.29 is 27.6 Å². The van der Waals surface area contributed by atoms with E-state index in [-0.39, 0.29) is 30.1 Å². The van der Waals surface area contributed by atoms with E-state index in [1.807, 2.05) is 0 Å². The second-order valence-corrected chi connectivity index (χ2v) is 4.85. The molecular formula is C13H12F4N2O2. The van der Waals surface area contributed by atoms with Crippen molar-refractivity contribution in [3.63, 3.8) is 0 Å². The summed E-state index contributed by atoms with van der Waals surface area (Å²) in [6, 6.07) is 1.97. The zero-order valence-electron chi connectivity index (χ0n) is 11.0. The van der Waals surface area contributed by atoms with Crippen molar-refractivity contribution in [3.8, 4) is 0 Å². The van der Waals surface area contributed by atoms with Crippen LogP contribution in [-0.2, 0) is 11.0 Å². The topological polar surface area (TPSA) is 52.9 Å². The van der Waals surface area contributed by atoms with Gasteiger partial charge in [-0.15, -0.1) is 0 Å². The lowest BCUT2D eigenvalue weighted by molar-refractivity contribution is -0.137. The van der Waals surface area contributed by atoms with Gasteiger partial charge in [0.1, 0.15) is 5.82 Å². The Morgan fingerprint density at radius 2 is 2.10 bits per heavy atom. The van der Waals surface area contributed by atoms with Crippen LogP contribution in [0.5, 0.6) is 0 Å². The molecule has 1 unspecified atom stereocenters. The van der Waals surface area contributed by atoms with E-state index < -0.39 is 23.5 Å². The summed E-state index contributed by atoms with van der Waals surface area (Å²) < 4.78 is 51.3. The Balaban J connectivity index is 2.34. The van der Waals surface area contributed by atoms with E-state index in [9.17, 15) is 22.4 Å². The van der Waals surface area contributed by atoms with Crippen molar-refractivity contribution in [2.45, 2.75) is 12.6 Å². The molecule has 114 valence electrons. The first-order valence-corrected chi connectivity index (χ1v) is 6.07. The number of amides is 1. The minimum Gasteiger partial charge on any atom is -0.411 e. The van der Waals surface area contributed by atoms with Crippen molar-refractivity contribution >= 4 is 11.6 Å². The third kappa shape index (κ3) is 2.98. The molecule has 1 aliphatic rings. The number of nitrogens with zero attached hydrogens (tertiary/aromatic N) is 2. The van der Waals surface area contributed by atoms with Crippen LogP contribution in [0, 0.1) is 11.7 Å². The fourth-order valence-corrected chi connectivity index (χ4v) is 2.30. The maximum absolute atomic E-state index is 13.9. The van der Waals surface area contributed by atoms with Gasteiger partial charge in [0.05, 0.1) is 11.3 Å². The highest BCUT2D eigenvalue weighted by Gasteiger charge is 2.35. The summed E-state index contributed by atoms with van der Waals surface area (Å²) in [5.74, 6) is -1.90. The number of likely N-dealkylation sites (tertiary alicyclic amines) is 1. The van der Waals surface area contributed by atoms with Crippen molar-refractivity contribution in [2.75, 3.05) is 13.6 Å². The molecule has 0 saturated carbocycles. The van der Waals surface area contributed by atoms with Crippen LogP contribution in [-0.4, -0.2) is 35.3 Å². The number of halogens is 4. The maximum Gasteiger partial charge on any atom is 0.416 e. The molecule has 4 nitrogen and oxygen atoms in total. The van der Waals surface area contributed by atoms with Crippen LogP contribution >= 0.6 is 0 Å². The fourth-order valence-electron chi connectivity index (χ4n) is 2.30. The summed E-state index contributed by atoms with van der Waals surface area (Å²) in [5.41, 5.74) is -1.49. The monoisotopic (exact) mass is 304 g/mol. The Bertz CT molecular complexity index is 598. The zero-order valence-corrected chi connectivity index (χ0v) is 11.0. The van der Waals surface area contributed by atoms with Gasteiger partial charge in [0.2, 0.25) is 5.91 Å². The highest BCUT2D eigenvalue weighted by Crippen LogP contribution is 2.31. The van der Waals surface area contributed by atoms with Gasteiger partial charge in [-0.3, -0.25) is 4.79 Å². The molecule has 1 heterocycles. The van der Waals surface area contributed by atoms with Crippen molar-refractivity contribution in [3.05, 3.63) is 35.1 Å². The zero-order chi connectivity index (χ0) is 15.8. The minimum atomic E-state index is -4.65. The van der Waals surface area contributed by atoms with E-state index in [1.54, 1.807) is 7.05 Å². The molecule has 1 aliphatic heterocycles. The van der Waals surface area contributed by atoms with Crippen LogP contribution < -0.4 is 0 Å². The molecule has 1 aromatic carbocycles. The number of hydrogen-bond donors (Lipinski definition) is 1. The molecule has 1 aromatic rings. The second kappa shape index (κ2) is 5.34. The van der Waals surface area contributed by atoms with E-state index in [1.165, 1.54) is 4.90 Å². The summed E-state index contributed by atoms with van der Waals surface area (Å²) in [7, 11) is 1.54. The first-order chi connectivity index (χ1) is 9.74. The fraction of sp³-hybridized carbons (Fsp3) is 0.385. The van der Waals surface area contributed by atoms with Crippen LogP contribution in [0.1, 0.15) is 17.5 Å². The molecule has 2 rings (SSSR count). The number of rotatable bonds is 2. The van der Waals surface area contributed by atoms with Gasteiger partial charge in [-0.25, -0.2) is 4.39 Å².